The molecule has 4 nitrogen and oxygen atoms in total. The molecule has 0 aliphatic heterocycles. The fraction of sp³-hybridized carbons (Fsp3) is 0.294. The molecule has 1 aromatic carbocycles. The molecule has 0 radical (unpaired) electrons. The summed E-state index contributed by atoms with van der Waals surface area (Å²) in [5, 5.41) is 6.01. The Morgan fingerprint density at radius 1 is 1.24 bits per heavy atom. The third-order valence-electron chi connectivity index (χ3n) is 3.26. The number of carbonyl (C=O) groups is 1. The highest BCUT2D eigenvalue weighted by Gasteiger charge is 2.06. The second-order valence-electron chi connectivity index (χ2n) is 5.06. The Bertz CT molecular complexity index is 593. The van der Waals surface area contributed by atoms with Crippen LogP contribution in [0, 0.1) is 6.92 Å². The molecule has 0 fully saturated rings. The van der Waals surface area contributed by atoms with Crippen LogP contribution in [0.1, 0.15) is 27.2 Å². The van der Waals surface area contributed by atoms with Crippen LogP contribution in [0.4, 0.5) is 0 Å². The van der Waals surface area contributed by atoms with Gasteiger partial charge in [-0.25, -0.2) is 0 Å². The molecular formula is C17H21N3O. The first-order chi connectivity index (χ1) is 10.2. The zero-order valence-corrected chi connectivity index (χ0v) is 12.5. The Kier molecular flexibility index (Phi) is 5.46. The van der Waals surface area contributed by atoms with Crippen molar-refractivity contribution < 1.29 is 4.79 Å². The SMILES string of the molecule is CNCCc1cccc(C(=O)NCc2ccc(C)cn2)c1. The van der Waals surface area contributed by atoms with Crippen molar-refractivity contribution in [1.29, 1.82) is 0 Å². The quantitative estimate of drug-likeness (QED) is 0.853. The van der Waals surface area contributed by atoms with E-state index in [1.807, 2.05) is 50.4 Å². The van der Waals surface area contributed by atoms with Gasteiger partial charge < -0.3 is 10.6 Å². The molecule has 2 N–H and O–H groups in total. The van der Waals surface area contributed by atoms with Crippen LogP contribution >= 0.6 is 0 Å². The van der Waals surface area contributed by atoms with E-state index >= 15 is 0 Å². The second-order valence-corrected chi connectivity index (χ2v) is 5.06. The average molecular weight is 283 g/mol. The van der Waals surface area contributed by atoms with Gasteiger partial charge in [0.15, 0.2) is 0 Å². The molecular weight excluding hydrogens is 262 g/mol. The molecule has 0 saturated heterocycles. The molecule has 2 rings (SSSR count). The molecule has 2 aromatic rings. The van der Waals surface area contributed by atoms with Gasteiger partial charge in [-0.2, -0.15) is 0 Å². The van der Waals surface area contributed by atoms with E-state index in [1.165, 1.54) is 0 Å². The summed E-state index contributed by atoms with van der Waals surface area (Å²) in [6, 6.07) is 11.7. The summed E-state index contributed by atoms with van der Waals surface area (Å²) < 4.78 is 0. The van der Waals surface area contributed by atoms with Gasteiger partial charge in [-0.05, 0) is 56.3 Å². The maximum Gasteiger partial charge on any atom is 0.251 e. The maximum absolute atomic E-state index is 12.2. The summed E-state index contributed by atoms with van der Waals surface area (Å²) in [5.74, 6) is -0.0660. The molecule has 1 heterocycles. The number of carbonyl (C=O) groups excluding carboxylic acids is 1. The number of likely N-dealkylation sites (N-methyl/N-ethyl adjacent to an activating group) is 1. The van der Waals surface area contributed by atoms with Crippen LogP contribution < -0.4 is 10.6 Å². The molecule has 0 aliphatic carbocycles. The maximum atomic E-state index is 12.2. The minimum atomic E-state index is -0.0660. The van der Waals surface area contributed by atoms with Crippen molar-refractivity contribution in [2.75, 3.05) is 13.6 Å². The number of nitrogens with one attached hydrogen (secondary N) is 2. The van der Waals surface area contributed by atoms with Crippen LogP contribution in [0.25, 0.3) is 0 Å². The third kappa shape index (κ3) is 4.68. The molecule has 0 atom stereocenters. The Morgan fingerprint density at radius 3 is 2.81 bits per heavy atom. The monoisotopic (exact) mass is 283 g/mol. The summed E-state index contributed by atoms with van der Waals surface area (Å²) >= 11 is 0. The standard InChI is InChI=1S/C17H21N3O/c1-13-6-7-16(19-11-13)12-20-17(21)15-5-3-4-14(10-15)8-9-18-2/h3-7,10-11,18H,8-9,12H2,1-2H3,(H,20,21). The zero-order chi connectivity index (χ0) is 15.1. The number of aryl methyl sites for hydroxylation is 1. The number of rotatable bonds is 6. The van der Waals surface area contributed by atoms with Gasteiger partial charge in [0.05, 0.1) is 12.2 Å². The number of benzene rings is 1. The lowest BCUT2D eigenvalue weighted by molar-refractivity contribution is 0.0950. The van der Waals surface area contributed by atoms with Crippen molar-refractivity contribution in [2.24, 2.45) is 0 Å². The lowest BCUT2D eigenvalue weighted by Crippen LogP contribution is -2.23. The van der Waals surface area contributed by atoms with E-state index in [0.717, 1.165) is 29.8 Å². The highest BCUT2D eigenvalue weighted by molar-refractivity contribution is 5.94. The number of hydrogen-bond donors (Lipinski definition) is 2. The van der Waals surface area contributed by atoms with Crippen molar-refractivity contribution in [3.05, 3.63) is 65.0 Å². The lowest BCUT2D eigenvalue weighted by atomic mass is 10.1. The van der Waals surface area contributed by atoms with Crippen LogP contribution in [-0.4, -0.2) is 24.5 Å². The minimum Gasteiger partial charge on any atom is -0.346 e. The Hall–Kier alpha value is -2.20. The number of nitrogens with zero attached hydrogens (tertiary/aromatic N) is 1. The molecule has 0 aliphatic rings. The fourth-order valence-electron chi connectivity index (χ4n) is 2.01. The summed E-state index contributed by atoms with van der Waals surface area (Å²) in [6.07, 6.45) is 2.72. The largest absolute Gasteiger partial charge is 0.346 e. The average Bonchev–Trinajstić information content (AvgIpc) is 2.52. The lowest BCUT2D eigenvalue weighted by Gasteiger charge is -2.07. The molecule has 110 valence electrons. The third-order valence-corrected chi connectivity index (χ3v) is 3.26. The Morgan fingerprint density at radius 2 is 2.10 bits per heavy atom. The normalized spacial score (nSPS) is 10.4. The predicted octanol–water partition coefficient (Wildman–Crippen LogP) is 2.08. The highest BCUT2D eigenvalue weighted by atomic mass is 16.1. The second kappa shape index (κ2) is 7.55. The molecule has 0 bridgehead atoms. The smallest absolute Gasteiger partial charge is 0.251 e. The topological polar surface area (TPSA) is 54.0 Å². The summed E-state index contributed by atoms with van der Waals surface area (Å²) in [5.41, 5.74) is 3.82. The predicted molar refractivity (Wildman–Crippen MR) is 84.2 cm³/mol. The van der Waals surface area contributed by atoms with E-state index in [-0.39, 0.29) is 5.91 Å². The van der Waals surface area contributed by atoms with Crippen LogP contribution in [-0.2, 0) is 13.0 Å². The number of aromatic nitrogens is 1. The van der Waals surface area contributed by atoms with Gasteiger partial charge in [0.1, 0.15) is 0 Å². The van der Waals surface area contributed by atoms with Crippen molar-refractivity contribution in [3.8, 4) is 0 Å². The molecule has 1 amide bonds. The molecule has 0 unspecified atom stereocenters. The van der Waals surface area contributed by atoms with E-state index in [9.17, 15) is 4.79 Å². The van der Waals surface area contributed by atoms with E-state index in [4.69, 9.17) is 0 Å². The van der Waals surface area contributed by atoms with E-state index < -0.39 is 0 Å². The van der Waals surface area contributed by atoms with Crippen molar-refractivity contribution in [1.82, 2.24) is 15.6 Å². The Labute approximate surface area is 125 Å². The van der Waals surface area contributed by atoms with E-state index in [0.29, 0.717) is 12.1 Å². The molecule has 1 aromatic heterocycles. The molecule has 21 heavy (non-hydrogen) atoms. The number of hydrogen-bond acceptors (Lipinski definition) is 3. The van der Waals surface area contributed by atoms with Gasteiger partial charge in [-0.1, -0.05) is 18.2 Å². The first-order valence-electron chi connectivity index (χ1n) is 7.12. The van der Waals surface area contributed by atoms with Crippen LogP contribution in [0.15, 0.2) is 42.6 Å². The fourth-order valence-corrected chi connectivity index (χ4v) is 2.01. The van der Waals surface area contributed by atoms with Crippen molar-refractivity contribution >= 4 is 5.91 Å². The van der Waals surface area contributed by atoms with E-state index in [2.05, 4.69) is 15.6 Å². The highest BCUT2D eigenvalue weighted by Crippen LogP contribution is 2.06. The van der Waals surface area contributed by atoms with Crippen molar-refractivity contribution in [3.63, 3.8) is 0 Å². The Balaban J connectivity index is 1.95. The van der Waals surface area contributed by atoms with Crippen LogP contribution in [0.5, 0.6) is 0 Å². The number of amides is 1. The summed E-state index contributed by atoms with van der Waals surface area (Å²) in [7, 11) is 1.92. The molecule has 0 saturated carbocycles. The molecule has 4 heteroatoms. The van der Waals surface area contributed by atoms with Crippen LogP contribution in [0.2, 0.25) is 0 Å². The minimum absolute atomic E-state index is 0.0660. The van der Waals surface area contributed by atoms with Gasteiger partial charge in [0.25, 0.3) is 5.91 Å². The van der Waals surface area contributed by atoms with Gasteiger partial charge in [-0.15, -0.1) is 0 Å². The molecule has 0 spiro atoms. The van der Waals surface area contributed by atoms with Gasteiger partial charge in [0, 0.05) is 11.8 Å². The first kappa shape index (κ1) is 15.2. The summed E-state index contributed by atoms with van der Waals surface area (Å²) in [4.78, 5) is 16.4. The van der Waals surface area contributed by atoms with Gasteiger partial charge in [0.2, 0.25) is 0 Å². The van der Waals surface area contributed by atoms with Crippen LogP contribution in [0.3, 0.4) is 0 Å². The zero-order valence-electron chi connectivity index (χ0n) is 12.5. The van der Waals surface area contributed by atoms with E-state index in [1.54, 1.807) is 6.20 Å². The van der Waals surface area contributed by atoms with Gasteiger partial charge in [-0.3, -0.25) is 9.78 Å². The summed E-state index contributed by atoms with van der Waals surface area (Å²) in [6.45, 7) is 3.34. The first-order valence-corrected chi connectivity index (χ1v) is 7.12. The van der Waals surface area contributed by atoms with Gasteiger partial charge >= 0.3 is 0 Å². The number of pyridine rings is 1. The van der Waals surface area contributed by atoms with Crippen molar-refractivity contribution in [2.45, 2.75) is 19.9 Å².